The van der Waals surface area contributed by atoms with E-state index < -0.39 is 0 Å². The Morgan fingerprint density at radius 2 is 2.16 bits per heavy atom. The summed E-state index contributed by atoms with van der Waals surface area (Å²) in [6.45, 7) is 12.5. The first-order chi connectivity index (χ1) is 9.10. The Hall–Kier alpha value is -0.610. The molecular formula is C15H31N3O. The topological polar surface area (TPSA) is 44.4 Å². The van der Waals surface area contributed by atoms with Gasteiger partial charge in [0.25, 0.3) is 0 Å². The molecule has 0 spiro atoms. The number of carbonyl (C=O) groups excluding carboxylic acids is 1. The Bertz CT molecular complexity index is 270. The summed E-state index contributed by atoms with van der Waals surface area (Å²) in [5.41, 5.74) is 0. The number of hydrogen-bond acceptors (Lipinski definition) is 3. The predicted octanol–water partition coefficient (Wildman–Crippen LogP) is 1.61. The van der Waals surface area contributed by atoms with Gasteiger partial charge in [0.05, 0.1) is 6.04 Å². The van der Waals surface area contributed by atoms with Gasteiger partial charge in [-0.3, -0.25) is 9.69 Å². The van der Waals surface area contributed by atoms with Crippen molar-refractivity contribution in [3.05, 3.63) is 0 Å². The van der Waals surface area contributed by atoms with Gasteiger partial charge in [-0.25, -0.2) is 0 Å². The van der Waals surface area contributed by atoms with Gasteiger partial charge in [-0.15, -0.1) is 0 Å². The van der Waals surface area contributed by atoms with Crippen molar-refractivity contribution < 1.29 is 4.79 Å². The van der Waals surface area contributed by atoms with Crippen molar-refractivity contribution in [1.29, 1.82) is 0 Å². The number of carbonyl (C=O) groups is 1. The van der Waals surface area contributed by atoms with Crippen molar-refractivity contribution in [2.24, 2.45) is 5.92 Å². The lowest BCUT2D eigenvalue weighted by Crippen LogP contribution is -2.54. The highest BCUT2D eigenvalue weighted by Gasteiger charge is 2.30. The molecule has 19 heavy (non-hydrogen) atoms. The maximum Gasteiger partial charge on any atom is 0.237 e. The van der Waals surface area contributed by atoms with Gasteiger partial charge in [-0.1, -0.05) is 27.2 Å². The molecule has 112 valence electrons. The second-order valence-electron chi connectivity index (χ2n) is 5.75. The second-order valence-corrected chi connectivity index (χ2v) is 5.75. The molecule has 1 aliphatic rings. The number of hydrogen-bond donors (Lipinski definition) is 2. The molecule has 2 N–H and O–H groups in total. The van der Waals surface area contributed by atoms with Gasteiger partial charge in [0.2, 0.25) is 5.91 Å². The third-order valence-corrected chi connectivity index (χ3v) is 4.16. The van der Waals surface area contributed by atoms with E-state index in [0.717, 1.165) is 45.4 Å². The summed E-state index contributed by atoms with van der Waals surface area (Å²) < 4.78 is 0. The van der Waals surface area contributed by atoms with E-state index >= 15 is 0 Å². The molecule has 0 bridgehead atoms. The molecule has 3 unspecified atom stereocenters. The summed E-state index contributed by atoms with van der Waals surface area (Å²) in [6, 6.07) is 0.610. The molecule has 0 aliphatic carbocycles. The van der Waals surface area contributed by atoms with E-state index in [0.29, 0.717) is 12.0 Å². The Labute approximate surface area is 118 Å². The van der Waals surface area contributed by atoms with E-state index in [1.807, 2.05) is 6.92 Å². The minimum absolute atomic E-state index is 0.00174. The van der Waals surface area contributed by atoms with Crippen molar-refractivity contribution >= 4 is 5.91 Å². The first-order valence-electron chi connectivity index (χ1n) is 7.85. The largest absolute Gasteiger partial charge is 0.355 e. The lowest BCUT2D eigenvalue weighted by atomic mass is 9.93. The zero-order chi connectivity index (χ0) is 14.3. The van der Waals surface area contributed by atoms with Crippen LogP contribution in [0.3, 0.4) is 0 Å². The highest BCUT2D eigenvalue weighted by Crippen LogP contribution is 2.18. The molecule has 4 nitrogen and oxygen atoms in total. The monoisotopic (exact) mass is 269 g/mol. The van der Waals surface area contributed by atoms with Crippen LogP contribution in [0, 0.1) is 5.92 Å². The van der Waals surface area contributed by atoms with E-state index in [1.165, 1.54) is 0 Å². The minimum atomic E-state index is 0.00174. The van der Waals surface area contributed by atoms with Crippen LogP contribution in [0.5, 0.6) is 0 Å². The van der Waals surface area contributed by atoms with E-state index in [9.17, 15) is 4.79 Å². The summed E-state index contributed by atoms with van der Waals surface area (Å²) >= 11 is 0. The van der Waals surface area contributed by atoms with Crippen molar-refractivity contribution in [2.75, 3.05) is 26.2 Å². The highest BCUT2D eigenvalue weighted by atomic mass is 16.2. The van der Waals surface area contributed by atoms with Gasteiger partial charge in [0, 0.05) is 25.7 Å². The van der Waals surface area contributed by atoms with Gasteiger partial charge in [0.1, 0.15) is 0 Å². The quantitative estimate of drug-likeness (QED) is 0.690. The average Bonchev–Trinajstić information content (AvgIpc) is 2.40. The van der Waals surface area contributed by atoms with Crippen LogP contribution >= 0.6 is 0 Å². The summed E-state index contributed by atoms with van der Waals surface area (Å²) in [4.78, 5) is 14.4. The number of unbranched alkanes of at least 4 members (excludes halogenated alkanes) is 1. The summed E-state index contributed by atoms with van der Waals surface area (Å²) in [7, 11) is 0. The molecule has 1 amide bonds. The third kappa shape index (κ3) is 5.11. The van der Waals surface area contributed by atoms with Crippen molar-refractivity contribution in [3.63, 3.8) is 0 Å². The Balaban J connectivity index is 2.37. The van der Waals surface area contributed by atoms with Crippen LogP contribution in [0.15, 0.2) is 0 Å². The summed E-state index contributed by atoms with van der Waals surface area (Å²) in [6.07, 6.45) is 3.33. The third-order valence-electron chi connectivity index (χ3n) is 4.16. The van der Waals surface area contributed by atoms with E-state index in [1.54, 1.807) is 0 Å². The number of amides is 1. The SMILES string of the molecule is CCCCNC(=O)C(C)N1CCC(NCC)C(C)C1. The smallest absolute Gasteiger partial charge is 0.237 e. The van der Waals surface area contributed by atoms with Gasteiger partial charge < -0.3 is 10.6 Å². The molecule has 3 atom stereocenters. The maximum atomic E-state index is 12.1. The van der Waals surface area contributed by atoms with Crippen molar-refractivity contribution in [1.82, 2.24) is 15.5 Å². The van der Waals surface area contributed by atoms with Crippen LogP contribution in [0.4, 0.5) is 0 Å². The number of likely N-dealkylation sites (tertiary alicyclic amines) is 1. The number of nitrogens with one attached hydrogen (secondary N) is 2. The molecule has 0 saturated carbocycles. The fourth-order valence-corrected chi connectivity index (χ4v) is 2.80. The fourth-order valence-electron chi connectivity index (χ4n) is 2.80. The molecule has 0 aromatic heterocycles. The molecule has 0 aromatic carbocycles. The molecule has 4 heteroatoms. The van der Waals surface area contributed by atoms with E-state index in [4.69, 9.17) is 0 Å². The van der Waals surface area contributed by atoms with Gasteiger partial charge >= 0.3 is 0 Å². The lowest BCUT2D eigenvalue weighted by Gasteiger charge is -2.39. The molecule has 1 heterocycles. The van der Waals surface area contributed by atoms with Gasteiger partial charge in [0.15, 0.2) is 0 Å². The molecule has 1 aliphatic heterocycles. The molecule has 1 fully saturated rings. The van der Waals surface area contributed by atoms with Gasteiger partial charge in [-0.2, -0.15) is 0 Å². The van der Waals surface area contributed by atoms with Crippen LogP contribution < -0.4 is 10.6 Å². The average molecular weight is 269 g/mol. The Morgan fingerprint density at radius 1 is 1.42 bits per heavy atom. The minimum Gasteiger partial charge on any atom is -0.355 e. The molecule has 1 rings (SSSR count). The van der Waals surface area contributed by atoms with E-state index in [-0.39, 0.29) is 11.9 Å². The molecule has 0 radical (unpaired) electrons. The molecule has 0 aromatic rings. The number of nitrogens with zero attached hydrogens (tertiary/aromatic N) is 1. The first kappa shape index (κ1) is 16.4. The standard InChI is InChI=1S/C15H31N3O/c1-5-7-9-17-15(19)13(4)18-10-8-14(16-6-2)12(3)11-18/h12-14,16H,5-11H2,1-4H3,(H,17,19). The zero-order valence-corrected chi connectivity index (χ0v) is 13.0. The van der Waals surface area contributed by atoms with Crippen LogP contribution in [0.25, 0.3) is 0 Å². The second kappa shape index (κ2) is 8.54. The zero-order valence-electron chi connectivity index (χ0n) is 13.0. The van der Waals surface area contributed by atoms with Crippen molar-refractivity contribution in [2.45, 2.75) is 59.0 Å². The van der Waals surface area contributed by atoms with Crippen LogP contribution in [0.2, 0.25) is 0 Å². The van der Waals surface area contributed by atoms with Gasteiger partial charge in [-0.05, 0) is 32.2 Å². The van der Waals surface area contributed by atoms with Crippen LogP contribution in [-0.2, 0) is 4.79 Å². The van der Waals surface area contributed by atoms with Crippen molar-refractivity contribution in [3.8, 4) is 0 Å². The highest BCUT2D eigenvalue weighted by molar-refractivity contribution is 5.81. The normalized spacial score (nSPS) is 26.1. The summed E-state index contributed by atoms with van der Waals surface area (Å²) in [5, 5.41) is 6.57. The van der Waals surface area contributed by atoms with E-state index in [2.05, 4.69) is 36.3 Å². The molecular weight excluding hydrogens is 238 g/mol. The predicted molar refractivity (Wildman–Crippen MR) is 80.2 cm³/mol. The molecule has 1 saturated heterocycles. The Kier molecular flexibility index (Phi) is 7.39. The fraction of sp³-hybridized carbons (Fsp3) is 0.933. The Morgan fingerprint density at radius 3 is 2.74 bits per heavy atom. The number of rotatable bonds is 7. The first-order valence-corrected chi connectivity index (χ1v) is 7.85. The summed E-state index contributed by atoms with van der Waals surface area (Å²) in [5.74, 6) is 0.794. The van der Waals surface area contributed by atoms with Crippen LogP contribution in [-0.4, -0.2) is 49.1 Å². The maximum absolute atomic E-state index is 12.1. The lowest BCUT2D eigenvalue weighted by molar-refractivity contribution is -0.126. The number of piperidine rings is 1. The van der Waals surface area contributed by atoms with Crippen LogP contribution in [0.1, 0.15) is 47.0 Å².